The van der Waals surface area contributed by atoms with E-state index in [1.54, 1.807) is 6.07 Å². The number of aromatic nitrogens is 1. The van der Waals surface area contributed by atoms with Gasteiger partial charge in [0.2, 0.25) is 5.91 Å². The maximum Gasteiger partial charge on any atom is 0.270 e. The van der Waals surface area contributed by atoms with Crippen molar-refractivity contribution < 1.29 is 9.72 Å². The fourth-order valence-electron chi connectivity index (χ4n) is 2.78. The van der Waals surface area contributed by atoms with Gasteiger partial charge in [0.1, 0.15) is 0 Å². The molecule has 26 heavy (non-hydrogen) atoms. The van der Waals surface area contributed by atoms with E-state index in [-0.39, 0.29) is 18.0 Å². The first kappa shape index (κ1) is 16.2. The fourth-order valence-corrected chi connectivity index (χ4v) is 3.69. The van der Waals surface area contributed by atoms with Crippen molar-refractivity contribution in [3.8, 4) is 0 Å². The molecule has 0 aliphatic carbocycles. The zero-order valence-electron chi connectivity index (χ0n) is 13.5. The minimum atomic E-state index is -0.447. The van der Waals surface area contributed by atoms with E-state index in [1.165, 1.54) is 23.5 Å². The van der Waals surface area contributed by atoms with Crippen LogP contribution in [0.2, 0.25) is 0 Å². The second-order valence-electron chi connectivity index (χ2n) is 5.83. The summed E-state index contributed by atoms with van der Waals surface area (Å²) in [4.78, 5) is 27.0. The summed E-state index contributed by atoms with van der Waals surface area (Å²) < 4.78 is 0.667. The van der Waals surface area contributed by atoms with Crippen LogP contribution < -0.4 is 5.32 Å². The van der Waals surface area contributed by atoms with Crippen molar-refractivity contribution in [3.63, 3.8) is 0 Å². The van der Waals surface area contributed by atoms with Crippen LogP contribution in [0.15, 0.2) is 60.7 Å². The average Bonchev–Trinajstić information content (AvgIpc) is 3.02. The van der Waals surface area contributed by atoms with Gasteiger partial charge in [-0.3, -0.25) is 14.9 Å². The van der Waals surface area contributed by atoms with Crippen LogP contribution in [0, 0.1) is 10.1 Å². The van der Waals surface area contributed by atoms with E-state index in [2.05, 4.69) is 10.3 Å². The van der Waals surface area contributed by atoms with Gasteiger partial charge in [0.25, 0.3) is 5.69 Å². The molecule has 0 saturated carbocycles. The third kappa shape index (κ3) is 3.25. The molecular weight excluding hydrogens is 350 g/mol. The quantitative estimate of drug-likeness (QED) is 0.426. The van der Waals surface area contributed by atoms with E-state index in [0.717, 1.165) is 16.3 Å². The molecule has 1 heterocycles. The van der Waals surface area contributed by atoms with Crippen molar-refractivity contribution in [2.45, 2.75) is 6.42 Å². The van der Waals surface area contributed by atoms with E-state index >= 15 is 0 Å². The molecule has 4 aromatic rings. The number of non-ortho nitro benzene ring substituents is 1. The number of amides is 1. The standard InChI is InChI=1S/C19H13N3O3S/c23-18(10-12-5-6-13-3-1-2-4-14(13)9-12)21-19-20-16-8-7-15(22(24)25)11-17(16)26-19/h1-9,11H,10H2,(H,20,21,23). The summed E-state index contributed by atoms with van der Waals surface area (Å²) in [6.45, 7) is 0. The Kier molecular flexibility index (Phi) is 4.06. The third-order valence-electron chi connectivity index (χ3n) is 4.01. The van der Waals surface area contributed by atoms with Gasteiger partial charge in [-0.2, -0.15) is 0 Å². The molecule has 0 radical (unpaired) electrons. The monoisotopic (exact) mass is 363 g/mol. The Balaban J connectivity index is 1.51. The molecular formula is C19H13N3O3S. The molecule has 0 atom stereocenters. The molecule has 1 N–H and O–H groups in total. The van der Waals surface area contributed by atoms with E-state index in [0.29, 0.717) is 15.3 Å². The number of rotatable bonds is 4. The molecule has 0 fully saturated rings. The van der Waals surface area contributed by atoms with Gasteiger partial charge in [-0.05, 0) is 22.4 Å². The van der Waals surface area contributed by atoms with Crippen molar-refractivity contribution in [3.05, 3.63) is 76.3 Å². The molecule has 0 saturated heterocycles. The normalized spacial score (nSPS) is 10.9. The minimum Gasteiger partial charge on any atom is -0.302 e. The van der Waals surface area contributed by atoms with Crippen LogP contribution in [0.4, 0.5) is 10.8 Å². The number of carbonyl (C=O) groups excluding carboxylic acids is 1. The number of nitrogens with one attached hydrogen (secondary N) is 1. The van der Waals surface area contributed by atoms with Crippen LogP contribution in [-0.2, 0) is 11.2 Å². The molecule has 1 amide bonds. The number of fused-ring (bicyclic) bond motifs is 2. The van der Waals surface area contributed by atoms with Gasteiger partial charge >= 0.3 is 0 Å². The summed E-state index contributed by atoms with van der Waals surface area (Å²) >= 11 is 1.22. The maximum atomic E-state index is 12.3. The smallest absolute Gasteiger partial charge is 0.270 e. The molecule has 0 aliphatic rings. The lowest BCUT2D eigenvalue weighted by molar-refractivity contribution is -0.384. The third-order valence-corrected chi connectivity index (χ3v) is 4.94. The summed E-state index contributed by atoms with van der Waals surface area (Å²) in [5.41, 5.74) is 1.55. The van der Waals surface area contributed by atoms with Gasteiger partial charge in [-0.25, -0.2) is 4.98 Å². The van der Waals surface area contributed by atoms with Gasteiger partial charge in [-0.15, -0.1) is 0 Å². The first-order chi connectivity index (χ1) is 12.6. The fraction of sp³-hybridized carbons (Fsp3) is 0.0526. The van der Waals surface area contributed by atoms with Crippen molar-refractivity contribution in [1.82, 2.24) is 4.98 Å². The molecule has 0 unspecified atom stereocenters. The topological polar surface area (TPSA) is 85.1 Å². The number of thiazole rings is 1. The SMILES string of the molecule is O=C(Cc1ccc2ccccc2c1)Nc1nc2ccc([N+](=O)[O-])cc2s1. The molecule has 0 spiro atoms. The number of anilines is 1. The molecule has 128 valence electrons. The molecule has 4 rings (SSSR count). The first-order valence-electron chi connectivity index (χ1n) is 7.91. The predicted molar refractivity (Wildman–Crippen MR) is 103 cm³/mol. The van der Waals surface area contributed by atoms with Gasteiger partial charge in [0.15, 0.2) is 5.13 Å². The van der Waals surface area contributed by atoms with E-state index in [9.17, 15) is 14.9 Å². The number of benzene rings is 3. The Labute approximate surface area is 152 Å². The Hall–Kier alpha value is -3.32. The summed E-state index contributed by atoms with van der Waals surface area (Å²) in [6.07, 6.45) is 0.237. The van der Waals surface area contributed by atoms with E-state index in [4.69, 9.17) is 0 Å². The van der Waals surface area contributed by atoms with Crippen molar-refractivity contribution in [2.24, 2.45) is 0 Å². The number of nitro groups is 1. The Morgan fingerprint density at radius 1 is 1.08 bits per heavy atom. The van der Waals surface area contributed by atoms with Crippen molar-refractivity contribution in [1.29, 1.82) is 0 Å². The Bertz CT molecular complexity index is 1150. The average molecular weight is 363 g/mol. The summed E-state index contributed by atoms with van der Waals surface area (Å²) in [5.74, 6) is -0.172. The highest BCUT2D eigenvalue weighted by Gasteiger charge is 2.12. The van der Waals surface area contributed by atoms with Gasteiger partial charge in [-0.1, -0.05) is 53.8 Å². The lowest BCUT2D eigenvalue weighted by atomic mass is 10.1. The zero-order valence-corrected chi connectivity index (χ0v) is 14.3. The first-order valence-corrected chi connectivity index (χ1v) is 8.73. The second-order valence-corrected chi connectivity index (χ2v) is 6.87. The molecule has 0 bridgehead atoms. The zero-order chi connectivity index (χ0) is 18.1. The number of hydrogen-bond acceptors (Lipinski definition) is 5. The van der Waals surface area contributed by atoms with E-state index < -0.39 is 4.92 Å². The van der Waals surface area contributed by atoms with Crippen LogP contribution >= 0.6 is 11.3 Å². The summed E-state index contributed by atoms with van der Waals surface area (Å²) in [6, 6.07) is 18.4. The number of hydrogen-bond donors (Lipinski definition) is 1. The highest BCUT2D eigenvalue weighted by molar-refractivity contribution is 7.22. The van der Waals surface area contributed by atoms with Crippen LogP contribution in [-0.4, -0.2) is 15.8 Å². The van der Waals surface area contributed by atoms with Gasteiger partial charge in [0.05, 0.1) is 21.6 Å². The van der Waals surface area contributed by atoms with E-state index in [1.807, 2.05) is 42.5 Å². The molecule has 6 nitrogen and oxygen atoms in total. The molecule has 0 aliphatic heterocycles. The van der Waals surface area contributed by atoms with Crippen LogP contribution in [0.5, 0.6) is 0 Å². The lowest BCUT2D eigenvalue weighted by Crippen LogP contribution is -2.14. The lowest BCUT2D eigenvalue weighted by Gasteiger charge is -2.04. The van der Waals surface area contributed by atoms with Gasteiger partial charge < -0.3 is 5.32 Å². The van der Waals surface area contributed by atoms with Crippen LogP contribution in [0.3, 0.4) is 0 Å². The van der Waals surface area contributed by atoms with Gasteiger partial charge in [0, 0.05) is 12.1 Å². The minimum absolute atomic E-state index is 0.00944. The van der Waals surface area contributed by atoms with Crippen molar-refractivity contribution in [2.75, 3.05) is 5.32 Å². The summed E-state index contributed by atoms with van der Waals surface area (Å²) in [7, 11) is 0. The van der Waals surface area contributed by atoms with Crippen molar-refractivity contribution >= 4 is 49.1 Å². The van der Waals surface area contributed by atoms with Crippen LogP contribution in [0.1, 0.15) is 5.56 Å². The van der Waals surface area contributed by atoms with Crippen LogP contribution in [0.25, 0.3) is 21.0 Å². The second kappa shape index (κ2) is 6.53. The largest absolute Gasteiger partial charge is 0.302 e. The maximum absolute atomic E-state index is 12.3. The number of nitrogens with zero attached hydrogens (tertiary/aromatic N) is 2. The number of carbonyl (C=O) groups is 1. The predicted octanol–water partition coefficient (Wildman–Crippen LogP) is 4.54. The Morgan fingerprint density at radius 2 is 1.88 bits per heavy atom. The highest BCUT2D eigenvalue weighted by atomic mass is 32.1. The molecule has 1 aromatic heterocycles. The highest BCUT2D eigenvalue weighted by Crippen LogP contribution is 2.29. The molecule has 7 heteroatoms. The number of nitro benzene ring substituents is 1. The molecule has 3 aromatic carbocycles. The summed E-state index contributed by atoms with van der Waals surface area (Å²) in [5, 5.41) is 16.3. The Morgan fingerprint density at radius 3 is 2.69 bits per heavy atom.